The van der Waals surface area contributed by atoms with Crippen LogP contribution < -0.4 is 16.2 Å². The number of nitrogens with one attached hydrogen (secondary N) is 3. The molecule has 0 bridgehead atoms. The Morgan fingerprint density at radius 3 is 2.82 bits per heavy atom. The summed E-state index contributed by atoms with van der Waals surface area (Å²) in [6.07, 6.45) is 4.68. The summed E-state index contributed by atoms with van der Waals surface area (Å²) in [5.41, 5.74) is 6.96. The highest BCUT2D eigenvalue weighted by Gasteiger charge is 2.21. The highest BCUT2D eigenvalue weighted by molar-refractivity contribution is 7.99. The van der Waals surface area contributed by atoms with Crippen LogP contribution in [0.2, 0.25) is 0 Å². The average molecular weight is 485 g/mol. The molecule has 3 aromatic rings. The van der Waals surface area contributed by atoms with Crippen molar-refractivity contribution in [1.29, 1.82) is 0 Å². The number of thiophene rings is 1. The lowest BCUT2D eigenvalue weighted by atomic mass is 9.90. The van der Waals surface area contributed by atoms with E-state index in [0.717, 1.165) is 19.3 Å². The first-order chi connectivity index (χ1) is 15.9. The minimum absolute atomic E-state index is 0.155. The minimum atomic E-state index is -0.470. The smallest absolute Gasteiger partial charge is 0.279 e. The zero-order valence-corrected chi connectivity index (χ0v) is 19.9. The largest absolute Gasteiger partial charge is 0.325 e. The van der Waals surface area contributed by atoms with Crippen molar-refractivity contribution in [2.45, 2.75) is 31.3 Å². The Morgan fingerprint density at radius 2 is 2.03 bits per heavy atom. The van der Waals surface area contributed by atoms with Crippen LogP contribution in [0.25, 0.3) is 0 Å². The van der Waals surface area contributed by atoms with Gasteiger partial charge in [-0.05, 0) is 55.0 Å². The SMILES string of the molecule is CC1CCc2sc(C(=O)NNC(=O)c3cccc(NC(=O)CSc4nncn4C)c3)cc2C1. The molecule has 4 rings (SSSR count). The van der Waals surface area contributed by atoms with Gasteiger partial charge in [-0.15, -0.1) is 21.5 Å². The highest BCUT2D eigenvalue weighted by atomic mass is 32.2. The predicted octanol–water partition coefficient (Wildman–Crippen LogP) is 2.81. The monoisotopic (exact) mass is 484 g/mol. The second-order valence-electron chi connectivity index (χ2n) is 7.96. The molecular formula is C22H24N6O3S2. The predicted molar refractivity (Wildman–Crippen MR) is 127 cm³/mol. The number of aryl methyl sites for hydroxylation is 2. The lowest BCUT2D eigenvalue weighted by Crippen LogP contribution is -2.41. The second-order valence-corrected chi connectivity index (χ2v) is 10.0. The fraction of sp³-hybridized carbons (Fsp3) is 0.318. The Bertz CT molecular complexity index is 1190. The van der Waals surface area contributed by atoms with E-state index < -0.39 is 5.91 Å². The first kappa shape index (κ1) is 23.0. The van der Waals surface area contributed by atoms with Gasteiger partial charge in [0, 0.05) is 23.2 Å². The molecule has 1 atom stereocenters. The summed E-state index contributed by atoms with van der Waals surface area (Å²) in [5, 5.41) is 11.1. The molecular weight excluding hydrogens is 460 g/mol. The molecule has 1 unspecified atom stereocenters. The van der Waals surface area contributed by atoms with Crippen molar-refractivity contribution in [1.82, 2.24) is 25.6 Å². The maximum atomic E-state index is 12.5. The molecule has 0 spiro atoms. The van der Waals surface area contributed by atoms with Crippen LogP contribution in [0, 0.1) is 5.92 Å². The zero-order valence-electron chi connectivity index (χ0n) is 18.3. The summed E-state index contributed by atoms with van der Waals surface area (Å²) in [5.74, 6) is -0.253. The van der Waals surface area contributed by atoms with Crippen LogP contribution in [-0.2, 0) is 24.7 Å². The lowest BCUT2D eigenvalue weighted by molar-refractivity contribution is -0.113. The topological polar surface area (TPSA) is 118 Å². The van der Waals surface area contributed by atoms with Gasteiger partial charge in [-0.1, -0.05) is 24.8 Å². The molecule has 1 aliphatic carbocycles. The maximum Gasteiger partial charge on any atom is 0.279 e. The van der Waals surface area contributed by atoms with Crippen molar-refractivity contribution < 1.29 is 14.4 Å². The van der Waals surface area contributed by atoms with Crippen LogP contribution in [0.15, 0.2) is 41.8 Å². The third-order valence-corrected chi connectivity index (χ3v) is 7.52. The molecule has 2 heterocycles. The van der Waals surface area contributed by atoms with E-state index >= 15 is 0 Å². The third-order valence-electron chi connectivity index (χ3n) is 5.25. The van der Waals surface area contributed by atoms with E-state index in [0.29, 0.717) is 27.2 Å². The maximum absolute atomic E-state index is 12.5. The first-order valence-corrected chi connectivity index (χ1v) is 12.3. The molecule has 0 saturated carbocycles. The number of nitrogens with zero attached hydrogens (tertiary/aromatic N) is 3. The number of carbonyl (C=O) groups excluding carboxylic acids is 3. The third kappa shape index (κ3) is 5.79. The molecule has 0 fully saturated rings. The van der Waals surface area contributed by atoms with Crippen LogP contribution >= 0.6 is 23.1 Å². The summed E-state index contributed by atoms with van der Waals surface area (Å²) in [6.45, 7) is 2.22. The van der Waals surface area contributed by atoms with Crippen LogP contribution in [-0.4, -0.2) is 38.2 Å². The Balaban J connectivity index is 1.29. The van der Waals surface area contributed by atoms with Crippen molar-refractivity contribution in [3.05, 3.63) is 57.5 Å². The number of amides is 3. The number of carbonyl (C=O) groups is 3. The number of rotatable bonds is 6. The van der Waals surface area contributed by atoms with Gasteiger partial charge in [0.05, 0.1) is 10.6 Å². The van der Waals surface area contributed by atoms with Gasteiger partial charge >= 0.3 is 0 Å². The Morgan fingerprint density at radius 1 is 1.21 bits per heavy atom. The van der Waals surface area contributed by atoms with E-state index in [-0.39, 0.29) is 17.6 Å². The fourth-order valence-corrected chi connectivity index (χ4v) is 5.33. The molecule has 2 aromatic heterocycles. The van der Waals surface area contributed by atoms with Crippen molar-refractivity contribution >= 4 is 46.5 Å². The number of hydrogen-bond acceptors (Lipinski definition) is 7. The van der Waals surface area contributed by atoms with E-state index in [1.807, 2.05) is 6.07 Å². The number of fused-ring (bicyclic) bond motifs is 1. The fourth-order valence-electron chi connectivity index (χ4n) is 3.53. The lowest BCUT2D eigenvalue weighted by Gasteiger charge is -2.16. The number of aromatic nitrogens is 3. The molecule has 9 nitrogen and oxygen atoms in total. The van der Waals surface area contributed by atoms with Gasteiger partial charge in [-0.2, -0.15) is 0 Å². The van der Waals surface area contributed by atoms with Gasteiger partial charge in [-0.3, -0.25) is 25.2 Å². The standard InChI is InChI=1S/C22H24N6O3S2/c1-13-6-7-17-15(8-13)10-18(33-17)21(31)26-25-20(30)14-4-3-5-16(9-14)24-19(29)11-32-22-27-23-12-28(22)2/h3-5,9-10,12-13H,6-8,11H2,1-2H3,(H,24,29)(H,25,30)(H,26,31). The van der Waals surface area contributed by atoms with Crippen molar-refractivity contribution in [2.24, 2.45) is 13.0 Å². The zero-order chi connectivity index (χ0) is 23.4. The summed E-state index contributed by atoms with van der Waals surface area (Å²) in [6, 6.07) is 8.44. The number of benzene rings is 1. The number of thioether (sulfide) groups is 1. The second kappa shape index (κ2) is 10.2. The molecule has 3 N–H and O–H groups in total. The van der Waals surface area contributed by atoms with E-state index in [1.165, 1.54) is 33.5 Å². The van der Waals surface area contributed by atoms with Crippen LogP contribution in [0.1, 0.15) is 43.8 Å². The van der Waals surface area contributed by atoms with E-state index in [2.05, 4.69) is 33.3 Å². The van der Waals surface area contributed by atoms with Gasteiger partial charge in [0.1, 0.15) is 6.33 Å². The van der Waals surface area contributed by atoms with Gasteiger partial charge in [0.25, 0.3) is 11.8 Å². The number of hydrogen-bond donors (Lipinski definition) is 3. The normalized spacial score (nSPS) is 14.9. The summed E-state index contributed by atoms with van der Waals surface area (Å²) in [4.78, 5) is 39.1. The molecule has 1 aliphatic rings. The van der Waals surface area contributed by atoms with E-state index in [9.17, 15) is 14.4 Å². The molecule has 0 saturated heterocycles. The first-order valence-electron chi connectivity index (χ1n) is 10.5. The summed E-state index contributed by atoms with van der Waals surface area (Å²) >= 11 is 2.75. The van der Waals surface area contributed by atoms with Gasteiger partial charge in [0.2, 0.25) is 5.91 Å². The van der Waals surface area contributed by atoms with Crippen molar-refractivity contribution in [3.8, 4) is 0 Å². The van der Waals surface area contributed by atoms with E-state index in [4.69, 9.17) is 0 Å². The summed E-state index contributed by atoms with van der Waals surface area (Å²) < 4.78 is 1.73. The van der Waals surface area contributed by atoms with Crippen LogP contribution in [0.3, 0.4) is 0 Å². The number of hydrazine groups is 1. The molecule has 1 aromatic carbocycles. The molecule has 3 amide bonds. The average Bonchev–Trinajstić information content (AvgIpc) is 3.41. The minimum Gasteiger partial charge on any atom is -0.325 e. The Labute approximate surface area is 199 Å². The highest BCUT2D eigenvalue weighted by Crippen LogP contribution is 2.32. The Hall–Kier alpha value is -3.18. The van der Waals surface area contributed by atoms with Crippen LogP contribution in [0.5, 0.6) is 0 Å². The quantitative estimate of drug-likeness (QED) is 0.366. The molecule has 33 heavy (non-hydrogen) atoms. The van der Waals surface area contributed by atoms with Gasteiger partial charge < -0.3 is 9.88 Å². The Kier molecular flexibility index (Phi) is 7.09. The van der Waals surface area contributed by atoms with Gasteiger partial charge in [0.15, 0.2) is 5.16 Å². The van der Waals surface area contributed by atoms with Crippen molar-refractivity contribution in [2.75, 3.05) is 11.1 Å². The van der Waals surface area contributed by atoms with Gasteiger partial charge in [-0.25, -0.2) is 0 Å². The van der Waals surface area contributed by atoms with Crippen molar-refractivity contribution in [3.63, 3.8) is 0 Å². The molecule has 0 radical (unpaired) electrons. The number of anilines is 1. The summed E-state index contributed by atoms with van der Waals surface area (Å²) in [7, 11) is 1.80. The molecule has 0 aliphatic heterocycles. The molecule has 172 valence electrons. The molecule has 11 heteroatoms. The van der Waals surface area contributed by atoms with E-state index in [1.54, 1.807) is 42.2 Å². The van der Waals surface area contributed by atoms with Crippen LogP contribution in [0.4, 0.5) is 5.69 Å².